The largest absolute Gasteiger partial charge is 0.242 e. The molecule has 2 aliphatic rings. The van der Waals surface area contributed by atoms with Gasteiger partial charge < -0.3 is 0 Å². The Kier molecular flexibility index (Phi) is 3.83. The van der Waals surface area contributed by atoms with Gasteiger partial charge in [0.1, 0.15) is 0 Å². The van der Waals surface area contributed by atoms with Gasteiger partial charge in [0, 0.05) is 0 Å². The summed E-state index contributed by atoms with van der Waals surface area (Å²) >= 11 is 0. The molecule has 0 radical (unpaired) electrons. The Morgan fingerprint density at radius 2 is 0.719 bits per heavy atom. The molecule has 0 saturated heterocycles. The number of hydrogen-bond acceptors (Lipinski definition) is 0. The monoisotopic (exact) mass is 402 g/mol. The highest BCUT2D eigenvalue weighted by molar-refractivity contribution is 7.02. The van der Waals surface area contributed by atoms with E-state index in [0.717, 1.165) is 0 Å². The van der Waals surface area contributed by atoms with Crippen LogP contribution in [-0.2, 0) is 0 Å². The second kappa shape index (κ2) is 6.87. The molecule has 0 aliphatic carbocycles. The molecular weight excluding hydrogens is 382 g/mol. The molecule has 5 aromatic rings. The van der Waals surface area contributed by atoms with Crippen LogP contribution in [0.3, 0.4) is 0 Å². The Labute approximate surface area is 189 Å². The molecule has 2 heteroatoms. The predicted molar refractivity (Wildman–Crippen MR) is 140 cm³/mol. The zero-order valence-electron chi connectivity index (χ0n) is 17.7. The Balaban J connectivity index is 1.52. The highest BCUT2D eigenvalue weighted by atomic mass is 14.2. The summed E-state index contributed by atoms with van der Waals surface area (Å²) < 4.78 is 0. The van der Waals surface area contributed by atoms with E-state index in [-0.39, 0.29) is 13.4 Å². The molecule has 5 aromatic carbocycles. The molecule has 0 atom stereocenters. The van der Waals surface area contributed by atoms with Crippen LogP contribution in [0.25, 0.3) is 22.3 Å². The lowest BCUT2D eigenvalue weighted by atomic mass is 9.36. The SMILES string of the molecule is c1ccc(B2c3ccccc3-c3cc4c(cc32)B(c2ccccc2)c2ccccc2-4)cc1. The molecule has 32 heavy (non-hydrogen) atoms. The second-order valence-corrected chi connectivity index (χ2v) is 8.89. The molecule has 0 spiro atoms. The van der Waals surface area contributed by atoms with Crippen molar-refractivity contribution in [2.24, 2.45) is 0 Å². The minimum atomic E-state index is 0.285. The van der Waals surface area contributed by atoms with Gasteiger partial charge in [-0.1, -0.05) is 148 Å². The molecule has 7 rings (SSSR count). The summed E-state index contributed by atoms with van der Waals surface area (Å²) in [5.74, 6) is 0. The first kappa shape index (κ1) is 17.9. The van der Waals surface area contributed by atoms with E-state index in [1.165, 1.54) is 55.0 Å². The molecule has 0 amide bonds. The zero-order valence-corrected chi connectivity index (χ0v) is 17.7. The van der Waals surface area contributed by atoms with E-state index in [9.17, 15) is 0 Å². The van der Waals surface area contributed by atoms with Gasteiger partial charge in [-0.05, 0) is 28.3 Å². The van der Waals surface area contributed by atoms with Gasteiger partial charge in [-0.25, -0.2) is 0 Å². The summed E-state index contributed by atoms with van der Waals surface area (Å²) in [7, 11) is 0. The molecule has 0 aromatic heterocycles. The fraction of sp³-hybridized carbons (Fsp3) is 0. The summed E-state index contributed by atoms with van der Waals surface area (Å²) in [6, 6.07) is 44.8. The fourth-order valence-corrected chi connectivity index (χ4v) is 5.91. The molecule has 0 fully saturated rings. The Morgan fingerprint density at radius 3 is 1.19 bits per heavy atom. The van der Waals surface area contributed by atoms with Crippen molar-refractivity contribution in [3.8, 4) is 22.3 Å². The van der Waals surface area contributed by atoms with Gasteiger partial charge in [0.25, 0.3) is 0 Å². The minimum Gasteiger partial charge on any atom is -0.0705 e. The fourth-order valence-electron chi connectivity index (χ4n) is 5.91. The lowest BCUT2D eigenvalue weighted by Crippen LogP contribution is -2.53. The van der Waals surface area contributed by atoms with E-state index in [1.54, 1.807) is 0 Å². The number of fused-ring (bicyclic) bond motifs is 6. The first-order valence-electron chi connectivity index (χ1n) is 11.4. The van der Waals surface area contributed by atoms with E-state index >= 15 is 0 Å². The first-order chi connectivity index (χ1) is 15.9. The summed E-state index contributed by atoms with van der Waals surface area (Å²) in [5.41, 5.74) is 14.0. The highest BCUT2D eigenvalue weighted by Gasteiger charge is 2.39. The summed E-state index contributed by atoms with van der Waals surface area (Å²) in [4.78, 5) is 0. The average molecular weight is 402 g/mol. The number of hydrogen-bond donors (Lipinski definition) is 0. The van der Waals surface area contributed by atoms with Crippen molar-refractivity contribution < 1.29 is 0 Å². The van der Waals surface area contributed by atoms with Gasteiger partial charge in [-0.3, -0.25) is 0 Å². The van der Waals surface area contributed by atoms with Crippen molar-refractivity contribution in [3.63, 3.8) is 0 Å². The van der Waals surface area contributed by atoms with Crippen LogP contribution in [0.4, 0.5) is 0 Å². The van der Waals surface area contributed by atoms with Gasteiger partial charge in [0.05, 0.1) is 0 Å². The van der Waals surface area contributed by atoms with Crippen molar-refractivity contribution in [3.05, 3.63) is 121 Å². The van der Waals surface area contributed by atoms with Gasteiger partial charge >= 0.3 is 0 Å². The van der Waals surface area contributed by atoms with E-state index in [4.69, 9.17) is 0 Å². The molecular formula is C30H20B2. The van der Waals surface area contributed by atoms with Crippen molar-refractivity contribution in [2.45, 2.75) is 0 Å². The lowest BCUT2D eigenvalue weighted by molar-refractivity contribution is 1.70. The van der Waals surface area contributed by atoms with Crippen LogP contribution in [0.5, 0.6) is 0 Å². The van der Waals surface area contributed by atoms with Gasteiger partial charge in [-0.15, -0.1) is 0 Å². The van der Waals surface area contributed by atoms with Crippen LogP contribution < -0.4 is 32.8 Å². The van der Waals surface area contributed by atoms with E-state index in [1.807, 2.05) is 0 Å². The molecule has 0 bridgehead atoms. The summed E-state index contributed by atoms with van der Waals surface area (Å²) in [5, 5.41) is 0. The quantitative estimate of drug-likeness (QED) is 0.391. The molecule has 2 aliphatic heterocycles. The predicted octanol–water partition coefficient (Wildman–Crippen LogP) is 2.68. The maximum absolute atomic E-state index is 2.51. The van der Waals surface area contributed by atoms with E-state index in [0.29, 0.717) is 0 Å². The number of benzene rings is 5. The van der Waals surface area contributed by atoms with Crippen molar-refractivity contribution in [1.29, 1.82) is 0 Å². The molecule has 0 unspecified atom stereocenters. The number of rotatable bonds is 2. The van der Waals surface area contributed by atoms with Crippen LogP contribution in [0.1, 0.15) is 0 Å². The summed E-state index contributed by atoms with van der Waals surface area (Å²) in [6.45, 7) is 0.570. The first-order valence-corrected chi connectivity index (χ1v) is 11.4. The third-order valence-electron chi connectivity index (χ3n) is 7.23. The molecule has 0 N–H and O–H groups in total. The second-order valence-electron chi connectivity index (χ2n) is 8.89. The topological polar surface area (TPSA) is 0 Å². The third kappa shape index (κ3) is 2.47. The molecule has 0 nitrogen and oxygen atoms in total. The van der Waals surface area contributed by atoms with Gasteiger partial charge in [0.2, 0.25) is 13.4 Å². The van der Waals surface area contributed by atoms with Crippen LogP contribution in [0.15, 0.2) is 121 Å². The van der Waals surface area contributed by atoms with Crippen LogP contribution in [0, 0.1) is 0 Å². The lowest BCUT2D eigenvalue weighted by Gasteiger charge is -2.15. The maximum atomic E-state index is 2.51. The van der Waals surface area contributed by atoms with Crippen molar-refractivity contribution >= 4 is 46.2 Å². The maximum Gasteiger partial charge on any atom is 0.242 e. The van der Waals surface area contributed by atoms with E-state index < -0.39 is 0 Å². The van der Waals surface area contributed by atoms with Crippen molar-refractivity contribution in [2.75, 3.05) is 0 Å². The van der Waals surface area contributed by atoms with E-state index in [2.05, 4.69) is 121 Å². The Bertz CT molecular complexity index is 1360. The Morgan fingerprint density at radius 1 is 0.312 bits per heavy atom. The Hall–Kier alpha value is -3.77. The van der Waals surface area contributed by atoms with Crippen LogP contribution in [-0.4, -0.2) is 13.4 Å². The average Bonchev–Trinajstić information content (AvgIpc) is 3.36. The zero-order chi connectivity index (χ0) is 21.1. The smallest absolute Gasteiger partial charge is 0.0705 e. The molecule has 2 heterocycles. The van der Waals surface area contributed by atoms with Gasteiger partial charge in [0.15, 0.2) is 0 Å². The minimum absolute atomic E-state index is 0.285. The van der Waals surface area contributed by atoms with Crippen LogP contribution in [0.2, 0.25) is 0 Å². The standard InChI is InChI=1S/C30H20B2/c1-3-11-21(12-4-1)31-27-17-9-7-15-23(27)25-19-26-24-16-8-10-18-28(24)32(30(26)20-29(25)31)22-13-5-2-6-14-22/h1-20H. The highest BCUT2D eigenvalue weighted by Crippen LogP contribution is 2.30. The van der Waals surface area contributed by atoms with Gasteiger partial charge in [-0.2, -0.15) is 0 Å². The summed E-state index contributed by atoms with van der Waals surface area (Å²) in [6.07, 6.45) is 0. The van der Waals surface area contributed by atoms with Crippen LogP contribution >= 0.6 is 0 Å². The molecule has 146 valence electrons. The normalized spacial score (nSPS) is 12.9. The molecule has 0 saturated carbocycles. The third-order valence-corrected chi connectivity index (χ3v) is 7.23. The van der Waals surface area contributed by atoms with Crippen molar-refractivity contribution in [1.82, 2.24) is 0 Å².